The third kappa shape index (κ3) is 4.07. The molecule has 2 heterocycles. The Labute approximate surface area is 127 Å². The average molecular weight is 308 g/mol. The third-order valence-corrected chi connectivity index (χ3v) is 4.57. The zero-order valence-electron chi connectivity index (χ0n) is 12.8. The molecule has 0 spiro atoms. The lowest BCUT2D eigenvalue weighted by molar-refractivity contribution is -0.121. The molecule has 0 atom stereocenters. The van der Waals surface area contributed by atoms with Crippen molar-refractivity contribution in [2.24, 2.45) is 0 Å². The number of nitrogens with one attached hydrogen (secondary N) is 1. The molecular weight excluding hydrogens is 288 g/mol. The summed E-state index contributed by atoms with van der Waals surface area (Å²) in [7, 11) is 0. The van der Waals surface area contributed by atoms with Gasteiger partial charge in [0, 0.05) is 17.2 Å². The zero-order chi connectivity index (χ0) is 15.4. The molecule has 0 saturated carbocycles. The van der Waals surface area contributed by atoms with Crippen molar-refractivity contribution in [2.75, 3.05) is 0 Å². The second kappa shape index (κ2) is 6.75. The molecule has 1 N–H and O–H groups in total. The fraction of sp³-hybridized carbons (Fsp3) is 0.615. The molecule has 0 fully saturated rings. The molecule has 21 heavy (non-hydrogen) atoms. The molecule has 0 bridgehead atoms. The Kier molecular flexibility index (Phi) is 5.00. The topological polar surface area (TPSA) is 85.6 Å². The van der Waals surface area contributed by atoms with E-state index in [4.69, 9.17) is 0 Å². The normalized spacial score (nSPS) is 11.1. The lowest BCUT2D eigenvalue weighted by atomic mass is 10.2. The van der Waals surface area contributed by atoms with Gasteiger partial charge in [-0.2, -0.15) is 0 Å². The number of hydrogen-bond acceptors (Lipinski definition) is 6. The maximum absolute atomic E-state index is 11.9. The van der Waals surface area contributed by atoms with Crippen molar-refractivity contribution in [3.05, 3.63) is 21.4 Å². The Balaban J connectivity index is 1.82. The van der Waals surface area contributed by atoms with Crippen LogP contribution in [-0.4, -0.2) is 31.1 Å². The minimum Gasteiger partial charge on any atom is -0.351 e. The van der Waals surface area contributed by atoms with E-state index in [0.717, 1.165) is 15.6 Å². The van der Waals surface area contributed by atoms with Crippen LogP contribution >= 0.6 is 11.3 Å². The van der Waals surface area contributed by atoms with Crippen LogP contribution in [0.25, 0.3) is 0 Å². The number of aryl methyl sites for hydroxylation is 3. The van der Waals surface area contributed by atoms with Gasteiger partial charge in [0.2, 0.25) is 5.91 Å². The summed E-state index contributed by atoms with van der Waals surface area (Å²) in [6, 6.07) is 0. The maximum Gasteiger partial charge on any atom is 0.222 e. The van der Waals surface area contributed by atoms with Gasteiger partial charge in [-0.05, 0) is 24.3 Å². The second-order valence-corrected chi connectivity index (χ2v) is 6.31. The minimum atomic E-state index is -0.0104. The van der Waals surface area contributed by atoms with Crippen molar-refractivity contribution in [2.45, 2.75) is 53.1 Å². The highest BCUT2D eigenvalue weighted by Gasteiger charge is 2.11. The summed E-state index contributed by atoms with van der Waals surface area (Å²) in [6.45, 7) is 9.05. The first-order chi connectivity index (χ1) is 9.97. The van der Waals surface area contributed by atoms with Gasteiger partial charge in [-0.3, -0.25) is 4.79 Å². The van der Waals surface area contributed by atoms with Crippen molar-refractivity contribution in [1.29, 1.82) is 0 Å². The van der Waals surface area contributed by atoms with Crippen LogP contribution in [0.3, 0.4) is 0 Å². The minimum absolute atomic E-state index is 0.0104. The predicted molar refractivity (Wildman–Crippen MR) is 80.0 cm³/mol. The number of thiazole rings is 1. The third-order valence-electron chi connectivity index (χ3n) is 3.11. The monoisotopic (exact) mass is 308 g/mol. The van der Waals surface area contributed by atoms with E-state index in [9.17, 15) is 4.79 Å². The van der Waals surface area contributed by atoms with Gasteiger partial charge in [-0.1, -0.05) is 13.8 Å². The Morgan fingerprint density at radius 3 is 2.71 bits per heavy atom. The van der Waals surface area contributed by atoms with Crippen molar-refractivity contribution in [1.82, 2.24) is 30.5 Å². The van der Waals surface area contributed by atoms with E-state index in [0.29, 0.717) is 31.3 Å². The molecule has 0 aliphatic heterocycles. The average Bonchev–Trinajstić information content (AvgIpc) is 3.00. The maximum atomic E-state index is 11.9. The van der Waals surface area contributed by atoms with Crippen molar-refractivity contribution < 1.29 is 4.79 Å². The summed E-state index contributed by atoms with van der Waals surface area (Å²) >= 11 is 1.66. The van der Waals surface area contributed by atoms with Crippen LogP contribution in [0.15, 0.2) is 0 Å². The molecule has 0 aliphatic carbocycles. The van der Waals surface area contributed by atoms with Gasteiger partial charge in [0.15, 0.2) is 0 Å². The van der Waals surface area contributed by atoms with E-state index in [1.165, 1.54) is 0 Å². The summed E-state index contributed by atoms with van der Waals surface area (Å²) in [4.78, 5) is 17.5. The fourth-order valence-corrected chi connectivity index (χ4v) is 2.80. The fourth-order valence-electron chi connectivity index (χ4n) is 1.79. The summed E-state index contributed by atoms with van der Waals surface area (Å²) in [5, 5.41) is 15.2. The Morgan fingerprint density at radius 2 is 2.14 bits per heavy atom. The van der Waals surface area contributed by atoms with Gasteiger partial charge < -0.3 is 5.32 Å². The summed E-state index contributed by atoms with van der Waals surface area (Å²) in [5.41, 5.74) is 1.00. The number of rotatable bonds is 6. The number of carbonyl (C=O) groups excluding carboxylic acids is 1. The van der Waals surface area contributed by atoms with E-state index < -0.39 is 0 Å². The number of nitrogens with zero attached hydrogens (tertiary/aromatic N) is 5. The highest BCUT2D eigenvalue weighted by atomic mass is 32.1. The lowest BCUT2D eigenvalue weighted by Crippen LogP contribution is -2.24. The van der Waals surface area contributed by atoms with E-state index in [-0.39, 0.29) is 5.91 Å². The number of tetrazole rings is 1. The molecule has 1 amide bonds. The molecule has 0 saturated heterocycles. The SMILES string of the molecule is Cc1nc(C(C)C)sc1CNC(=O)CCn1nnnc1C. The van der Waals surface area contributed by atoms with Crippen LogP contribution in [0.2, 0.25) is 0 Å². The molecule has 2 aromatic rings. The summed E-state index contributed by atoms with van der Waals surface area (Å²) in [5.74, 6) is 1.12. The van der Waals surface area contributed by atoms with Gasteiger partial charge >= 0.3 is 0 Å². The molecule has 114 valence electrons. The second-order valence-electron chi connectivity index (χ2n) is 5.19. The molecule has 8 heteroatoms. The van der Waals surface area contributed by atoms with Crippen LogP contribution in [0.5, 0.6) is 0 Å². The number of amides is 1. The van der Waals surface area contributed by atoms with E-state index >= 15 is 0 Å². The molecule has 0 aromatic carbocycles. The predicted octanol–water partition coefficient (Wildman–Crippen LogP) is 1.58. The van der Waals surface area contributed by atoms with E-state index in [2.05, 4.69) is 39.7 Å². The van der Waals surface area contributed by atoms with Crippen molar-refractivity contribution >= 4 is 17.2 Å². The first-order valence-electron chi connectivity index (χ1n) is 6.93. The molecule has 7 nitrogen and oxygen atoms in total. The van der Waals surface area contributed by atoms with Crippen molar-refractivity contribution in [3.63, 3.8) is 0 Å². The standard InChI is InChI=1S/C13H20N6OS/c1-8(2)13-15-9(3)11(21-13)7-14-12(20)5-6-19-10(4)16-17-18-19/h8H,5-7H2,1-4H3,(H,14,20). The number of aromatic nitrogens is 5. The van der Waals surface area contributed by atoms with Crippen LogP contribution in [0.4, 0.5) is 0 Å². The van der Waals surface area contributed by atoms with E-state index in [1.807, 2.05) is 13.8 Å². The molecular formula is C13H20N6OS. The van der Waals surface area contributed by atoms with Crippen LogP contribution in [0, 0.1) is 13.8 Å². The van der Waals surface area contributed by atoms with Gasteiger partial charge in [0.05, 0.1) is 23.8 Å². The molecule has 2 aromatic heterocycles. The molecule has 0 aliphatic rings. The van der Waals surface area contributed by atoms with Crippen LogP contribution in [-0.2, 0) is 17.9 Å². The number of carbonyl (C=O) groups is 1. The lowest BCUT2D eigenvalue weighted by Gasteiger charge is -2.04. The van der Waals surface area contributed by atoms with Gasteiger partial charge in [0.1, 0.15) is 5.82 Å². The van der Waals surface area contributed by atoms with Crippen LogP contribution < -0.4 is 5.32 Å². The Morgan fingerprint density at radius 1 is 1.38 bits per heavy atom. The molecule has 2 rings (SSSR count). The Hall–Kier alpha value is -1.83. The molecule has 0 unspecified atom stereocenters. The van der Waals surface area contributed by atoms with Crippen molar-refractivity contribution in [3.8, 4) is 0 Å². The summed E-state index contributed by atoms with van der Waals surface area (Å²) < 4.78 is 1.62. The quantitative estimate of drug-likeness (QED) is 0.875. The summed E-state index contributed by atoms with van der Waals surface area (Å²) in [6.07, 6.45) is 0.362. The number of hydrogen-bond donors (Lipinski definition) is 1. The first kappa shape index (κ1) is 15.6. The highest BCUT2D eigenvalue weighted by Crippen LogP contribution is 2.24. The van der Waals surface area contributed by atoms with E-state index in [1.54, 1.807) is 16.0 Å². The van der Waals surface area contributed by atoms with Crippen LogP contribution in [0.1, 0.15) is 47.6 Å². The Bertz CT molecular complexity index is 618. The van der Waals surface area contributed by atoms with Gasteiger partial charge in [-0.25, -0.2) is 9.67 Å². The zero-order valence-corrected chi connectivity index (χ0v) is 13.6. The largest absolute Gasteiger partial charge is 0.351 e. The van der Waals surface area contributed by atoms with Gasteiger partial charge in [-0.15, -0.1) is 16.4 Å². The molecule has 0 radical (unpaired) electrons. The van der Waals surface area contributed by atoms with Gasteiger partial charge in [0.25, 0.3) is 0 Å². The highest BCUT2D eigenvalue weighted by molar-refractivity contribution is 7.11. The smallest absolute Gasteiger partial charge is 0.222 e. The first-order valence-corrected chi connectivity index (χ1v) is 7.74.